The molecule has 0 aromatic rings. The smallest absolute Gasteiger partial charge is 0.311 e. The molecule has 3 rings (SSSR count). The van der Waals surface area contributed by atoms with Crippen LogP contribution in [-0.4, -0.2) is 80.6 Å². The molecule has 2 amide bonds. The summed E-state index contributed by atoms with van der Waals surface area (Å²) in [5.74, 6) is -1.44. The summed E-state index contributed by atoms with van der Waals surface area (Å²) in [4.78, 5) is 45.1. The third kappa shape index (κ3) is 5.02. The molecule has 0 aliphatic carbocycles. The number of carbonyl (C=O) groups excluding carboxylic acids is 3. The van der Waals surface area contributed by atoms with Gasteiger partial charge >= 0.3 is 5.97 Å². The molecule has 0 aromatic heterocycles. The van der Waals surface area contributed by atoms with E-state index >= 15 is 0 Å². The highest BCUT2D eigenvalue weighted by molar-refractivity contribution is 8.02. The molecule has 35 heavy (non-hydrogen) atoms. The Kier molecular flexibility index (Phi) is 9.35. The fourth-order valence-corrected chi connectivity index (χ4v) is 8.98. The topological polar surface area (TPSA) is 87.2 Å². The predicted molar refractivity (Wildman–Crippen MR) is 139 cm³/mol. The Morgan fingerprint density at radius 3 is 2.63 bits per heavy atom. The highest BCUT2D eigenvalue weighted by Gasteiger charge is 2.77. The number of aliphatic hydroxyl groups excluding tert-OH is 1. The van der Waals surface area contributed by atoms with Crippen molar-refractivity contribution in [2.24, 2.45) is 11.8 Å². The van der Waals surface area contributed by atoms with Crippen LogP contribution in [0.2, 0.25) is 0 Å². The van der Waals surface area contributed by atoms with E-state index in [9.17, 15) is 14.4 Å². The van der Waals surface area contributed by atoms with Gasteiger partial charge in [-0.05, 0) is 52.9 Å². The minimum Gasteiger partial charge on any atom is -0.466 e. The van der Waals surface area contributed by atoms with Crippen LogP contribution < -0.4 is 0 Å². The number of esters is 1. The van der Waals surface area contributed by atoms with Crippen LogP contribution in [0.25, 0.3) is 0 Å². The fraction of sp³-hybridized carbons (Fsp3) is 0.815. The molecule has 0 aromatic carbocycles. The Balaban J connectivity index is 1.98. The zero-order valence-electron chi connectivity index (χ0n) is 22.0. The van der Waals surface area contributed by atoms with Crippen LogP contribution in [0, 0.1) is 11.8 Å². The second kappa shape index (κ2) is 11.7. The summed E-state index contributed by atoms with van der Waals surface area (Å²) in [6.45, 7) is 13.3. The van der Waals surface area contributed by atoms with Gasteiger partial charge in [-0.3, -0.25) is 14.4 Å². The average molecular weight is 509 g/mol. The van der Waals surface area contributed by atoms with E-state index in [2.05, 4.69) is 27.4 Å². The number of thioether (sulfide) groups is 1. The molecular formula is C27H44N2O5S. The molecule has 0 saturated carbocycles. The number of rotatable bonds is 14. The molecule has 1 N–H and O–H groups in total. The number of ether oxygens (including phenoxy) is 1. The van der Waals surface area contributed by atoms with Gasteiger partial charge in [-0.2, -0.15) is 0 Å². The Hall–Kier alpha value is -1.54. The van der Waals surface area contributed by atoms with Crippen molar-refractivity contribution in [2.75, 3.05) is 26.3 Å². The van der Waals surface area contributed by atoms with Crippen LogP contribution in [0.15, 0.2) is 12.7 Å². The molecule has 8 heteroatoms. The van der Waals surface area contributed by atoms with Gasteiger partial charge in [0.05, 0.1) is 23.2 Å². The first kappa shape index (κ1) is 28.0. The van der Waals surface area contributed by atoms with Gasteiger partial charge < -0.3 is 19.6 Å². The highest BCUT2D eigenvalue weighted by atomic mass is 32.2. The summed E-state index contributed by atoms with van der Waals surface area (Å²) in [6, 6.07) is -0.536. The van der Waals surface area contributed by atoms with Gasteiger partial charge in [0, 0.05) is 30.5 Å². The van der Waals surface area contributed by atoms with Crippen LogP contribution in [0.4, 0.5) is 0 Å². The lowest BCUT2D eigenvalue weighted by Crippen LogP contribution is -2.56. The number of likely N-dealkylation sites (tertiary alicyclic amines) is 1. The quantitative estimate of drug-likeness (QED) is 0.218. The van der Waals surface area contributed by atoms with Gasteiger partial charge in [-0.15, -0.1) is 18.3 Å². The molecule has 3 unspecified atom stereocenters. The highest BCUT2D eigenvalue weighted by Crippen LogP contribution is 2.71. The number of hydrogen-bond donors (Lipinski definition) is 1. The monoisotopic (exact) mass is 508 g/mol. The zero-order valence-corrected chi connectivity index (χ0v) is 22.8. The summed E-state index contributed by atoms with van der Waals surface area (Å²) in [5, 5.41) is 9.10. The van der Waals surface area contributed by atoms with Gasteiger partial charge in [-0.1, -0.05) is 32.3 Å². The van der Waals surface area contributed by atoms with Crippen molar-refractivity contribution < 1.29 is 24.2 Å². The van der Waals surface area contributed by atoms with Gasteiger partial charge in [-0.25, -0.2) is 0 Å². The maximum Gasteiger partial charge on any atom is 0.311 e. The molecule has 3 aliphatic rings. The van der Waals surface area contributed by atoms with Crippen molar-refractivity contribution in [3.8, 4) is 0 Å². The first-order valence-corrected chi connectivity index (χ1v) is 14.2. The Bertz CT molecular complexity index is 806. The third-order valence-electron chi connectivity index (χ3n) is 8.21. The minimum absolute atomic E-state index is 0.0154. The number of carbonyl (C=O) groups is 3. The lowest BCUT2D eigenvalue weighted by atomic mass is 9.66. The standard InChI is InChI=1S/C27H44N2O5S/c1-6-13-19(4)28(16-7-2)24(32)22-27-15-14-26(5,35-27)21(25(33)34-8-3)20(27)23(31)29(22)17-11-9-10-12-18-30/h7,19-22,30H,2,6,8-18H2,1,3-5H3/t19?,20-,21+,22?,26-,27?/m0/s1. The largest absolute Gasteiger partial charge is 0.466 e. The maximum absolute atomic E-state index is 14.3. The maximum atomic E-state index is 14.3. The number of fused-ring (bicyclic) bond motifs is 1. The molecule has 3 saturated heterocycles. The molecule has 7 nitrogen and oxygen atoms in total. The van der Waals surface area contributed by atoms with Crippen LogP contribution in [-0.2, 0) is 19.1 Å². The molecule has 1 spiro atoms. The Labute approximate surface area is 215 Å². The normalized spacial score (nSPS) is 32.0. The van der Waals surface area contributed by atoms with Crippen molar-refractivity contribution in [3.63, 3.8) is 0 Å². The molecule has 3 aliphatic heterocycles. The van der Waals surface area contributed by atoms with Gasteiger partial charge in [0.1, 0.15) is 6.04 Å². The van der Waals surface area contributed by atoms with Crippen molar-refractivity contribution in [3.05, 3.63) is 12.7 Å². The van der Waals surface area contributed by atoms with Crippen molar-refractivity contribution in [1.82, 2.24) is 9.80 Å². The number of nitrogens with zero attached hydrogens (tertiary/aromatic N) is 2. The first-order valence-electron chi connectivity index (χ1n) is 13.4. The van der Waals surface area contributed by atoms with Gasteiger partial charge in [0.25, 0.3) is 0 Å². The Morgan fingerprint density at radius 1 is 1.29 bits per heavy atom. The SMILES string of the molecule is C=CCN(C(=O)C1N(CCCCCCO)C(=O)[C@@H]2[C@H](C(=O)OCC)[C@]3(C)CCC12S3)C(C)CCC. The fourth-order valence-electron chi connectivity index (χ4n) is 6.64. The van der Waals surface area contributed by atoms with E-state index in [1.165, 1.54) is 0 Å². The van der Waals surface area contributed by atoms with Crippen molar-refractivity contribution in [1.29, 1.82) is 0 Å². The molecule has 2 bridgehead atoms. The van der Waals surface area contributed by atoms with E-state index in [4.69, 9.17) is 9.84 Å². The van der Waals surface area contributed by atoms with Crippen molar-refractivity contribution >= 4 is 29.5 Å². The third-order valence-corrected chi connectivity index (χ3v) is 10.2. The van der Waals surface area contributed by atoms with E-state index in [-0.39, 0.29) is 37.0 Å². The minimum atomic E-state index is -0.600. The molecule has 198 valence electrons. The summed E-state index contributed by atoms with van der Waals surface area (Å²) < 4.78 is 4.46. The van der Waals surface area contributed by atoms with Crippen LogP contribution in [0.3, 0.4) is 0 Å². The number of amides is 2. The van der Waals surface area contributed by atoms with E-state index in [1.54, 1.807) is 29.7 Å². The summed E-state index contributed by atoms with van der Waals surface area (Å²) in [6.07, 6.45) is 8.45. The second-order valence-electron chi connectivity index (χ2n) is 10.6. The van der Waals surface area contributed by atoms with Gasteiger partial charge in [0.2, 0.25) is 11.8 Å². The van der Waals surface area contributed by atoms with Crippen LogP contribution in [0.1, 0.15) is 79.1 Å². The lowest BCUT2D eigenvalue weighted by Gasteiger charge is -2.39. The molecule has 3 heterocycles. The number of aliphatic hydroxyl groups is 1. The van der Waals surface area contributed by atoms with E-state index in [0.29, 0.717) is 13.1 Å². The van der Waals surface area contributed by atoms with E-state index < -0.39 is 27.4 Å². The predicted octanol–water partition coefficient (Wildman–Crippen LogP) is 3.79. The number of hydrogen-bond acceptors (Lipinski definition) is 6. The van der Waals surface area contributed by atoms with E-state index in [1.807, 2.05) is 4.90 Å². The summed E-state index contributed by atoms with van der Waals surface area (Å²) >= 11 is 1.70. The lowest BCUT2D eigenvalue weighted by molar-refractivity contribution is -0.155. The molecule has 0 radical (unpaired) electrons. The zero-order chi connectivity index (χ0) is 25.8. The summed E-state index contributed by atoms with van der Waals surface area (Å²) in [5.41, 5.74) is 0. The second-order valence-corrected chi connectivity index (χ2v) is 12.5. The van der Waals surface area contributed by atoms with Gasteiger partial charge in [0.15, 0.2) is 0 Å². The Morgan fingerprint density at radius 2 is 2.00 bits per heavy atom. The molecule has 6 atom stereocenters. The molecular weight excluding hydrogens is 464 g/mol. The average Bonchev–Trinajstić information content (AvgIpc) is 3.38. The summed E-state index contributed by atoms with van der Waals surface area (Å²) in [7, 11) is 0. The molecule has 3 fully saturated rings. The van der Waals surface area contributed by atoms with E-state index in [0.717, 1.165) is 51.4 Å². The van der Waals surface area contributed by atoms with Crippen LogP contribution >= 0.6 is 11.8 Å². The first-order chi connectivity index (χ1) is 16.7. The number of unbranched alkanes of at least 4 members (excludes halogenated alkanes) is 3. The van der Waals surface area contributed by atoms with Crippen LogP contribution in [0.5, 0.6) is 0 Å². The van der Waals surface area contributed by atoms with Crippen molar-refractivity contribution in [2.45, 2.75) is 101 Å².